The first-order valence-corrected chi connectivity index (χ1v) is 6.99. The van der Waals surface area contributed by atoms with Gasteiger partial charge in [0.05, 0.1) is 6.33 Å². The second kappa shape index (κ2) is 7.51. The molecule has 0 amide bonds. The van der Waals surface area contributed by atoms with Gasteiger partial charge in [0.15, 0.2) is 0 Å². The summed E-state index contributed by atoms with van der Waals surface area (Å²) in [5.74, 6) is 0. The lowest BCUT2D eigenvalue weighted by Gasteiger charge is -2.21. The zero-order valence-electron chi connectivity index (χ0n) is 11.2. The van der Waals surface area contributed by atoms with Gasteiger partial charge in [-0.25, -0.2) is 4.98 Å². The standard InChI is InChI=1S/C13H25N5/c14-3-9-17-7-1-5-16(11-12-17)6-2-8-18-10-4-15-13-18/h4,10,13H,1-3,5-9,11-12,14H2. The fourth-order valence-corrected chi connectivity index (χ4v) is 2.55. The quantitative estimate of drug-likeness (QED) is 0.787. The smallest absolute Gasteiger partial charge is 0.0945 e. The molecule has 2 rings (SSSR count). The van der Waals surface area contributed by atoms with E-state index in [0.29, 0.717) is 0 Å². The van der Waals surface area contributed by atoms with Gasteiger partial charge in [0.1, 0.15) is 0 Å². The third-order valence-electron chi connectivity index (χ3n) is 3.58. The van der Waals surface area contributed by atoms with Crippen LogP contribution in [0.2, 0.25) is 0 Å². The van der Waals surface area contributed by atoms with E-state index in [4.69, 9.17) is 5.73 Å². The van der Waals surface area contributed by atoms with Gasteiger partial charge in [-0.2, -0.15) is 0 Å². The fraction of sp³-hybridized carbons (Fsp3) is 0.769. The van der Waals surface area contributed by atoms with Gasteiger partial charge >= 0.3 is 0 Å². The Balaban J connectivity index is 1.64. The molecule has 1 aromatic rings. The third-order valence-corrected chi connectivity index (χ3v) is 3.58. The first-order chi connectivity index (χ1) is 8.88. The van der Waals surface area contributed by atoms with Crippen molar-refractivity contribution in [2.24, 2.45) is 5.73 Å². The monoisotopic (exact) mass is 251 g/mol. The zero-order valence-corrected chi connectivity index (χ0v) is 11.2. The molecule has 5 heteroatoms. The van der Waals surface area contributed by atoms with Gasteiger partial charge < -0.3 is 20.1 Å². The molecule has 0 aliphatic carbocycles. The average molecular weight is 251 g/mol. The minimum absolute atomic E-state index is 0.778. The molecule has 0 aromatic carbocycles. The van der Waals surface area contributed by atoms with Crippen molar-refractivity contribution in [3.05, 3.63) is 18.7 Å². The van der Waals surface area contributed by atoms with Crippen molar-refractivity contribution in [3.63, 3.8) is 0 Å². The number of nitrogens with two attached hydrogens (primary N) is 1. The first kappa shape index (κ1) is 13.5. The third kappa shape index (κ3) is 4.40. The Hall–Kier alpha value is -0.910. The van der Waals surface area contributed by atoms with Crippen LogP contribution in [0.3, 0.4) is 0 Å². The summed E-state index contributed by atoms with van der Waals surface area (Å²) in [6.07, 6.45) is 8.24. The second-order valence-corrected chi connectivity index (χ2v) is 4.98. The molecule has 1 aliphatic heterocycles. The minimum atomic E-state index is 0.778. The molecule has 18 heavy (non-hydrogen) atoms. The molecule has 1 aliphatic rings. The lowest BCUT2D eigenvalue weighted by atomic mass is 10.3. The summed E-state index contributed by atoms with van der Waals surface area (Å²) in [4.78, 5) is 9.12. The summed E-state index contributed by atoms with van der Waals surface area (Å²) >= 11 is 0. The van der Waals surface area contributed by atoms with E-state index >= 15 is 0 Å². The normalized spacial score (nSPS) is 18.9. The highest BCUT2D eigenvalue weighted by atomic mass is 15.2. The molecule has 2 heterocycles. The molecule has 1 saturated heterocycles. The van der Waals surface area contributed by atoms with Gasteiger partial charge in [0.25, 0.3) is 0 Å². The van der Waals surface area contributed by atoms with Gasteiger partial charge in [-0.15, -0.1) is 0 Å². The highest BCUT2D eigenvalue weighted by molar-refractivity contribution is 4.75. The van der Waals surface area contributed by atoms with Crippen LogP contribution in [0.1, 0.15) is 12.8 Å². The van der Waals surface area contributed by atoms with E-state index in [2.05, 4.69) is 19.4 Å². The minimum Gasteiger partial charge on any atom is -0.337 e. The van der Waals surface area contributed by atoms with Crippen LogP contribution in [0.15, 0.2) is 18.7 Å². The summed E-state index contributed by atoms with van der Waals surface area (Å²) in [6, 6.07) is 0. The number of aryl methyl sites for hydroxylation is 1. The molecule has 0 radical (unpaired) electrons. The second-order valence-electron chi connectivity index (χ2n) is 4.98. The van der Waals surface area contributed by atoms with Gasteiger partial charge in [0.2, 0.25) is 0 Å². The molecule has 0 bridgehead atoms. The van der Waals surface area contributed by atoms with Gasteiger partial charge in [-0.3, -0.25) is 0 Å². The Morgan fingerprint density at radius 2 is 1.78 bits per heavy atom. The van der Waals surface area contributed by atoms with Crippen LogP contribution >= 0.6 is 0 Å². The molecule has 0 saturated carbocycles. The van der Waals surface area contributed by atoms with E-state index < -0.39 is 0 Å². The van der Waals surface area contributed by atoms with E-state index in [1.165, 1.54) is 45.6 Å². The predicted octanol–water partition coefficient (Wildman–Crippen LogP) is 0.240. The highest BCUT2D eigenvalue weighted by Gasteiger charge is 2.13. The van der Waals surface area contributed by atoms with Crippen LogP contribution in [0.25, 0.3) is 0 Å². The Morgan fingerprint density at radius 1 is 1.00 bits per heavy atom. The topological polar surface area (TPSA) is 50.3 Å². The molecule has 1 fully saturated rings. The number of aromatic nitrogens is 2. The highest BCUT2D eigenvalue weighted by Crippen LogP contribution is 2.04. The van der Waals surface area contributed by atoms with Gasteiger partial charge in [0, 0.05) is 45.1 Å². The number of rotatable bonds is 6. The molecule has 0 atom stereocenters. The van der Waals surface area contributed by atoms with Crippen molar-refractivity contribution < 1.29 is 0 Å². The summed E-state index contributed by atoms with van der Waals surface area (Å²) in [7, 11) is 0. The van der Waals surface area contributed by atoms with Crippen molar-refractivity contribution in [2.45, 2.75) is 19.4 Å². The lowest BCUT2D eigenvalue weighted by Crippen LogP contribution is -2.34. The number of imidazole rings is 1. The Kier molecular flexibility index (Phi) is 5.64. The Morgan fingerprint density at radius 3 is 2.44 bits per heavy atom. The van der Waals surface area contributed by atoms with Gasteiger partial charge in [-0.05, 0) is 32.5 Å². The van der Waals surface area contributed by atoms with Gasteiger partial charge in [-0.1, -0.05) is 0 Å². The number of nitrogens with zero attached hydrogens (tertiary/aromatic N) is 4. The molecule has 0 spiro atoms. The van der Waals surface area contributed by atoms with Crippen molar-refractivity contribution in [1.82, 2.24) is 19.4 Å². The fourth-order valence-electron chi connectivity index (χ4n) is 2.55. The summed E-state index contributed by atoms with van der Waals surface area (Å²) in [5.41, 5.74) is 5.62. The van der Waals surface area contributed by atoms with Crippen LogP contribution in [0.4, 0.5) is 0 Å². The molecule has 5 nitrogen and oxygen atoms in total. The van der Waals surface area contributed by atoms with E-state index in [1.54, 1.807) is 0 Å². The van der Waals surface area contributed by atoms with Crippen LogP contribution < -0.4 is 5.73 Å². The number of hydrogen-bond donors (Lipinski definition) is 1. The van der Waals surface area contributed by atoms with Crippen LogP contribution in [0.5, 0.6) is 0 Å². The maximum absolute atomic E-state index is 5.62. The first-order valence-electron chi connectivity index (χ1n) is 6.99. The van der Waals surface area contributed by atoms with E-state index in [9.17, 15) is 0 Å². The average Bonchev–Trinajstić information content (AvgIpc) is 2.78. The maximum Gasteiger partial charge on any atom is 0.0945 e. The van der Waals surface area contributed by atoms with E-state index in [1.807, 2.05) is 18.7 Å². The molecular formula is C13H25N5. The largest absolute Gasteiger partial charge is 0.337 e. The summed E-state index contributed by atoms with van der Waals surface area (Å²) < 4.78 is 2.15. The van der Waals surface area contributed by atoms with Crippen molar-refractivity contribution in [3.8, 4) is 0 Å². The summed E-state index contributed by atoms with van der Waals surface area (Å²) in [6.45, 7) is 8.87. The van der Waals surface area contributed by atoms with Crippen molar-refractivity contribution >= 4 is 0 Å². The van der Waals surface area contributed by atoms with Crippen LogP contribution in [-0.2, 0) is 6.54 Å². The Labute approximate surface area is 110 Å². The number of hydrogen-bond acceptors (Lipinski definition) is 4. The zero-order chi connectivity index (χ0) is 12.6. The molecule has 0 unspecified atom stereocenters. The molecule has 102 valence electrons. The van der Waals surface area contributed by atoms with E-state index in [-0.39, 0.29) is 0 Å². The molecular weight excluding hydrogens is 226 g/mol. The predicted molar refractivity (Wildman–Crippen MR) is 73.4 cm³/mol. The maximum atomic E-state index is 5.62. The van der Waals surface area contributed by atoms with Crippen molar-refractivity contribution in [2.75, 3.05) is 45.8 Å². The summed E-state index contributed by atoms with van der Waals surface area (Å²) in [5, 5.41) is 0. The van der Waals surface area contributed by atoms with Crippen LogP contribution in [0, 0.1) is 0 Å². The molecule has 1 aromatic heterocycles. The van der Waals surface area contributed by atoms with Crippen LogP contribution in [-0.4, -0.2) is 65.2 Å². The lowest BCUT2D eigenvalue weighted by molar-refractivity contribution is 0.255. The van der Waals surface area contributed by atoms with E-state index in [0.717, 1.165) is 19.6 Å². The SMILES string of the molecule is NCCN1CCCN(CCCn2ccnc2)CC1. The van der Waals surface area contributed by atoms with Crippen molar-refractivity contribution in [1.29, 1.82) is 0 Å². The molecule has 2 N–H and O–H groups in total. The Bertz CT molecular complexity index is 311.